The highest BCUT2D eigenvalue weighted by molar-refractivity contribution is 9.10. The predicted octanol–water partition coefficient (Wildman–Crippen LogP) is 3.74. The van der Waals surface area contributed by atoms with Gasteiger partial charge in [0.05, 0.1) is 18.3 Å². The number of hydrogen-bond acceptors (Lipinski definition) is 5. The topological polar surface area (TPSA) is 78.1 Å². The van der Waals surface area contributed by atoms with Crippen molar-refractivity contribution >= 4 is 51.1 Å². The molecule has 3 N–H and O–H groups in total. The van der Waals surface area contributed by atoms with Crippen LogP contribution in [0.2, 0.25) is 5.02 Å². The molecule has 0 aliphatic heterocycles. The highest BCUT2D eigenvalue weighted by Gasteiger charge is 2.11. The van der Waals surface area contributed by atoms with Crippen LogP contribution in [0.4, 0.5) is 0 Å². The molecule has 0 amide bonds. The number of benzene rings is 2. The molecule has 2 aromatic carbocycles. The van der Waals surface area contributed by atoms with Crippen LogP contribution < -0.4 is 25.4 Å². The Hall–Kier alpha value is -2.03. The summed E-state index contributed by atoms with van der Waals surface area (Å²) in [6, 6.07) is 11.0. The normalized spacial score (nSPS) is 10.6. The lowest BCUT2D eigenvalue weighted by molar-refractivity contribution is 0.211. The number of halogens is 2. The summed E-state index contributed by atoms with van der Waals surface area (Å²) in [4.78, 5) is 0. The Balaban J connectivity index is 1.96. The first kappa shape index (κ1) is 20.3. The van der Waals surface area contributed by atoms with Crippen LogP contribution >= 0.6 is 39.7 Å². The second-order valence-corrected chi connectivity index (χ2v) is 6.68. The maximum absolute atomic E-state index is 6.28. The van der Waals surface area contributed by atoms with E-state index in [9.17, 15) is 0 Å². The molecule has 2 aromatic rings. The van der Waals surface area contributed by atoms with E-state index in [0.717, 1.165) is 10.2 Å². The van der Waals surface area contributed by atoms with E-state index in [2.05, 4.69) is 38.7 Å². The number of ether oxygens (including phenoxy) is 3. The highest BCUT2D eigenvalue weighted by atomic mass is 79.9. The van der Waals surface area contributed by atoms with Crippen molar-refractivity contribution in [3.05, 3.63) is 51.5 Å². The van der Waals surface area contributed by atoms with Gasteiger partial charge < -0.3 is 19.9 Å². The Bertz CT molecular complexity index is 788. The van der Waals surface area contributed by atoms with Crippen LogP contribution in [-0.4, -0.2) is 31.7 Å². The fourth-order valence-electron chi connectivity index (χ4n) is 1.96. The van der Waals surface area contributed by atoms with E-state index in [-0.39, 0.29) is 5.11 Å². The van der Waals surface area contributed by atoms with Crippen LogP contribution in [0.3, 0.4) is 0 Å². The SMILES string of the molecule is COc1cc(/C=N/NC(N)=S)cc(Cl)c1OCCOc1ccc(Br)cc1. The molecular formula is C17H17BrClN3O3S. The first-order valence-corrected chi connectivity index (χ1v) is 9.04. The van der Waals surface area contributed by atoms with Gasteiger partial charge in [0.25, 0.3) is 0 Å². The Morgan fingerprint density at radius 1 is 1.27 bits per heavy atom. The van der Waals surface area contributed by atoms with Crippen LogP contribution in [0.5, 0.6) is 17.2 Å². The van der Waals surface area contributed by atoms with Crippen LogP contribution in [-0.2, 0) is 0 Å². The Labute approximate surface area is 170 Å². The number of nitrogens with zero attached hydrogens (tertiary/aromatic N) is 1. The molecule has 0 heterocycles. The lowest BCUT2D eigenvalue weighted by Gasteiger charge is -2.13. The largest absolute Gasteiger partial charge is 0.493 e. The third kappa shape index (κ3) is 6.36. The van der Waals surface area contributed by atoms with Crippen molar-refractivity contribution in [3.63, 3.8) is 0 Å². The lowest BCUT2D eigenvalue weighted by atomic mass is 10.2. The fourth-order valence-corrected chi connectivity index (χ4v) is 2.55. The van der Waals surface area contributed by atoms with Crippen molar-refractivity contribution in [3.8, 4) is 17.2 Å². The highest BCUT2D eigenvalue weighted by Crippen LogP contribution is 2.36. The zero-order chi connectivity index (χ0) is 18.9. The van der Waals surface area contributed by atoms with E-state index in [1.807, 2.05) is 24.3 Å². The van der Waals surface area contributed by atoms with Crippen molar-refractivity contribution < 1.29 is 14.2 Å². The molecule has 0 fully saturated rings. The molecule has 0 atom stereocenters. The summed E-state index contributed by atoms with van der Waals surface area (Å²) in [5.41, 5.74) is 8.48. The molecular weight excluding hydrogens is 442 g/mol. The van der Waals surface area contributed by atoms with Gasteiger partial charge in [-0.2, -0.15) is 5.10 Å². The maximum atomic E-state index is 6.28. The summed E-state index contributed by atoms with van der Waals surface area (Å²) in [7, 11) is 1.53. The number of methoxy groups -OCH3 is 1. The van der Waals surface area contributed by atoms with Gasteiger partial charge in [-0.25, -0.2) is 0 Å². The molecule has 0 unspecified atom stereocenters. The van der Waals surface area contributed by atoms with E-state index >= 15 is 0 Å². The van der Waals surface area contributed by atoms with Crippen LogP contribution in [0.1, 0.15) is 5.56 Å². The minimum Gasteiger partial charge on any atom is -0.493 e. The summed E-state index contributed by atoms with van der Waals surface area (Å²) < 4.78 is 17.6. The summed E-state index contributed by atoms with van der Waals surface area (Å²) >= 11 is 14.3. The quantitative estimate of drug-likeness (QED) is 0.272. The molecule has 138 valence electrons. The van der Waals surface area contributed by atoms with E-state index < -0.39 is 0 Å². The first-order valence-electron chi connectivity index (χ1n) is 7.47. The van der Waals surface area contributed by atoms with Gasteiger partial charge in [0.1, 0.15) is 19.0 Å². The number of hydrogen-bond donors (Lipinski definition) is 2. The molecule has 2 rings (SSSR count). The summed E-state index contributed by atoms with van der Waals surface area (Å²) in [6.07, 6.45) is 1.52. The molecule has 0 aliphatic carbocycles. The zero-order valence-corrected chi connectivity index (χ0v) is 17.0. The van der Waals surface area contributed by atoms with Crippen LogP contribution in [0.25, 0.3) is 0 Å². The number of rotatable bonds is 8. The standard InChI is InChI=1S/C17H17BrClN3O3S/c1-23-15-9-11(10-21-22-17(20)26)8-14(19)16(15)25-7-6-24-13-4-2-12(18)3-5-13/h2-5,8-10H,6-7H2,1H3,(H3,20,22,26)/b21-10+. The Morgan fingerprint density at radius 3 is 2.62 bits per heavy atom. The summed E-state index contributed by atoms with van der Waals surface area (Å²) in [5.74, 6) is 1.68. The van der Waals surface area contributed by atoms with E-state index in [1.165, 1.54) is 13.3 Å². The first-order chi connectivity index (χ1) is 12.5. The third-order valence-corrected chi connectivity index (χ3v) is 3.95. The molecule has 0 saturated carbocycles. The molecule has 9 heteroatoms. The number of thiocarbonyl (C=S) groups is 1. The predicted molar refractivity (Wildman–Crippen MR) is 111 cm³/mol. The number of hydrazone groups is 1. The third-order valence-electron chi connectivity index (χ3n) is 3.05. The molecule has 0 aliphatic rings. The van der Waals surface area contributed by atoms with Crippen molar-refractivity contribution in [2.75, 3.05) is 20.3 Å². The van der Waals surface area contributed by atoms with Gasteiger partial charge in [0.2, 0.25) is 0 Å². The lowest BCUT2D eigenvalue weighted by Crippen LogP contribution is -2.23. The summed E-state index contributed by atoms with van der Waals surface area (Å²) in [6.45, 7) is 0.671. The Kier molecular flexibility index (Phi) is 7.96. The van der Waals surface area contributed by atoms with Gasteiger partial charge >= 0.3 is 0 Å². The molecule has 0 spiro atoms. The fraction of sp³-hybridized carbons (Fsp3) is 0.176. The van der Waals surface area contributed by atoms with E-state index in [1.54, 1.807) is 12.1 Å². The van der Waals surface area contributed by atoms with Crippen LogP contribution in [0.15, 0.2) is 46.0 Å². The molecule has 0 bridgehead atoms. The van der Waals surface area contributed by atoms with Crippen molar-refractivity contribution in [2.45, 2.75) is 0 Å². The monoisotopic (exact) mass is 457 g/mol. The number of nitrogens with two attached hydrogens (primary N) is 1. The smallest absolute Gasteiger partial charge is 0.184 e. The molecule has 0 aromatic heterocycles. The van der Waals surface area contributed by atoms with Gasteiger partial charge in [-0.05, 0) is 54.2 Å². The van der Waals surface area contributed by atoms with E-state index in [4.69, 9.17) is 31.5 Å². The van der Waals surface area contributed by atoms with E-state index in [0.29, 0.717) is 35.3 Å². The second kappa shape index (κ2) is 10.2. The number of nitrogens with one attached hydrogen (secondary N) is 1. The zero-order valence-electron chi connectivity index (χ0n) is 13.9. The molecule has 26 heavy (non-hydrogen) atoms. The molecule has 0 saturated heterocycles. The average Bonchev–Trinajstić information content (AvgIpc) is 2.61. The van der Waals surface area contributed by atoms with Gasteiger partial charge in [0, 0.05) is 4.47 Å². The van der Waals surface area contributed by atoms with Gasteiger partial charge in [-0.1, -0.05) is 27.5 Å². The minimum absolute atomic E-state index is 0.0741. The van der Waals surface area contributed by atoms with Crippen molar-refractivity contribution in [1.82, 2.24) is 5.43 Å². The summed E-state index contributed by atoms with van der Waals surface area (Å²) in [5, 5.41) is 4.35. The van der Waals surface area contributed by atoms with Gasteiger partial charge in [-0.15, -0.1) is 0 Å². The Morgan fingerprint density at radius 2 is 1.96 bits per heavy atom. The molecule has 6 nitrogen and oxygen atoms in total. The van der Waals surface area contributed by atoms with Gasteiger partial charge in [0.15, 0.2) is 16.6 Å². The second-order valence-electron chi connectivity index (χ2n) is 4.92. The van der Waals surface area contributed by atoms with Crippen molar-refractivity contribution in [1.29, 1.82) is 0 Å². The minimum atomic E-state index is 0.0741. The maximum Gasteiger partial charge on any atom is 0.184 e. The average molecular weight is 459 g/mol. The van der Waals surface area contributed by atoms with Crippen molar-refractivity contribution in [2.24, 2.45) is 10.8 Å². The van der Waals surface area contributed by atoms with Crippen LogP contribution in [0, 0.1) is 0 Å². The van der Waals surface area contributed by atoms with Gasteiger partial charge in [-0.3, -0.25) is 5.43 Å². The molecule has 0 radical (unpaired) electrons.